The Labute approximate surface area is 152 Å². The van der Waals surface area contributed by atoms with Crippen molar-refractivity contribution in [1.82, 2.24) is 9.78 Å². The van der Waals surface area contributed by atoms with Crippen LogP contribution in [0.1, 0.15) is 32.9 Å². The van der Waals surface area contributed by atoms with Crippen molar-refractivity contribution in [3.63, 3.8) is 0 Å². The Morgan fingerprint density at radius 3 is 2.32 bits per heavy atom. The standard InChI is InChI=1S/C20H20ClN3O/c1-12-6-5-7-18(13(12)2)22-20(25)16-8-10-17(11-9-16)24-15(4)19(21)14(3)23-24/h5-11H,1-4H3,(H,22,25). The van der Waals surface area contributed by atoms with Crippen LogP contribution in [0.15, 0.2) is 42.5 Å². The van der Waals surface area contributed by atoms with E-state index in [2.05, 4.69) is 10.4 Å². The molecule has 0 radical (unpaired) electrons. The van der Waals surface area contributed by atoms with Crippen LogP contribution in [-0.4, -0.2) is 15.7 Å². The van der Waals surface area contributed by atoms with Gasteiger partial charge in [-0.15, -0.1) is 0 Å². The minimum atomic E-state index is -0.133. The minimum Gasteiger partial charge on any atom is -0.322 e. The number of nitrogens with zero attached hydrogens (tertiary/aromatic N) is 2. The molecule has 0 saturated carbocycles. The Kier molecular flexibility index (Phi) is 4.64. The second-order valence-corrected chi connectivity index (χ2v) is 6.52. The lowest BCUT2D eigenvalue weighted by molar-refractivity contribution is 0.102. The number of rotatable bonds is 3. The average Bonchev–Trinajstić information content (AvgIpc) is 2.86. The van der Waals surface area contributed by atoms with E-state index in [1.54, 1.807) is 16.8 Å². The number of aromatic nitrogens is 2. The molecule has 0 unspecified atom stereocenters. The molecule has 0 aliphatic rings. The highest BCUT2D eigenvalue weighted by molar-refractivity contribution is 6.31. The fraction of sp³-hybridized carbons (Fsp3) is 0.200. The molecular weight excluding hydrogens is 334 g/mol. The lowest BCUT2D eigenvalue weighted by Crippen LogP contribution is -2.13. The molecular formula is C20H20ClN3O. The molecule has 0 fully saturated rings. The fourth-order valence-corrected chi connectivity index (χ4v) is 2.83. The first-order valence-corrected chi connectivity index (χ1v) is 8.46. The van der Waals surface area contributed by atoms with Gasteiger partial charge in [0.2, 0.25) is 0 Å². The summed E-state index contributed by atoms with van der Waals surface area (Å²) < 4.78 is 1.78. The van der Waals surface area contributed by atoms with E-state index >= 15 is 0 Å². The Bertz CT molecular complexity index is 942. The minimum absolute atomic E-state index is 0.133. The van der Waals surface area contributed by atoms with Crippen LogP contribution in [0.2, 0.25) is 5.02 Å². The van der Waals surface area contributed by atoms with Gasteiger partial charge in [-0.2, -0.15) is 5.10 Å². The molecule has 3 aromatic rings. The normalized spacial score (nSPS) is 10.8. The molecule has 5 heteroatoms. The Balaban J connectivity index is 1.83. The number of carbonyl (C=O) groups excluding carboxylic acids is 1. The van der Waals surface area contributed by atoms with E-state index in [0.29, 0.717) is 10.6 Å². The van der Waals surface area contributed by atoms with Crippen molar-refractivity contribution in [2.45, 2.75) is 27.7 Å². The average molecular weight is 354 g/mol. The number of benzene rings is 2. The number of anilines is 1. The molecule has 2 aromatic carbocycles. The van der Waals surface area contributed by atoms with Crippen LogP contribution in [0.3, 0.4) is 0 Å². The van der Waals surface area contributed by atoms with E-state index < -0.39 is 0 Å². The van der Waals surface area contributed by atoms with E-state index in [0.717, 1.165) is 33.9 Å². The van der Waals surface area contributed by atoms with Gasteiger partial charge in [-0.05, 0) is 69.2 Å². The van der Waals surface area contributed by atoms with Crippen LogP contribution in [0.4, 0.5) is 5.69 Å². The molecule has 25 heavy (non-hydrogen) atoms. The number of aryl methyl sites for hydroxylation is 2. The second-order valence-electron chi connectivity index (χ2n) is 6.15. The van der Waals surface area contributed by atoms with Gasteiger partial charge in [0.1, 0.15) is 0 Å². The summed E-state index contributed by atoms with van der Waals surface area (Å²) in [6.45, 7) is 7.82. The molecule has 128 valence electrons. The quantitative estimate of drug-likeness (QED) is 0.719. The van der Waals surface area contributed by atoms with Crippen LogP contribution >= 0.6 is 11.6 Å². The molecule has 1 aromatic heterocycles. The molecule has 0 atom stereocenters. The van der Waals surface area contributed by atoms with Crippen LogP contribution in [-0.2, 0) is 0 Å². The van der Waals surface area contributed by atoms with E-state index in [9.17, 15) is 4.79 Å². The van der Waals surface area contributed by atoms with Gasteiger partial charge in [0, 0.05) is 11.3 Å². The van der Waals surface area contributed by atoms with E-state index in [1.165, 1.54) is 0 Å². The Hall–Kier alpha value is -2.59. The fourth-order valence-electron chi connectivity index (χ4n) is 2.71. The van der Waals surface area contributed by atoms with Crippen molar-refractivity contribution < 1.29 is 4.79 Å². The lowest BCUT2D eigenvalue weighted by atomic mass is 10.1. The zero-order chi connectivity index (χ0) is 18.1. The number of nitrogens with one attached hydrogen (secondary N) is 1. The van der Waals surface area contributed by atoms with Crippen molar-refractivity contribution in [3.8, 4) is 5.69 Å². The number of amides is 1. The molecule has 1 amide bonds. The summed E-state index contributed by atoms with van der Waals surface area (Å²) in [5, 5.41) is 8.06. The third-order valence-electron chi connectivity index (χ3n) is 4.43. The molecule has 4 nitrogen and oxygen atoms in total. The molecule has 0 spiro atoms. The topological polar surface area (TPSA) is 46.9 Å². The third-order valence-corrected chi connectivity index (χ3v) is 4.98. The lowest BCUT2D eigenvalue weighted by Gasteiger charge is -2.11. The van der Waals surface area contributed by atoms with Crippen molar-refractivity contribution in [2.24, 2.45) is 0 Å². The highest BCUT2D eigenvalue weighted by Crippen LogP contribution is 2.23. The number of halogens is 1. The second kappa shape index (κ2) is 6.73. The van der Waals surface area contributed by atoms with Crippen molar-refractivity contribution in [3.05, 3.63) is 75.6 Å². The van der Waals surface area contributed by atoms with Gasteiger partial charge in [0.25, 0.3) is 5.91 Å². The zero-order valence-corrected chi connectivity index (χ0v) is 15.5. The predicted octanol–water partition coefficient (Wildman–Crippen LogP) is 5.01. The maximum atomic E-state index is 12.5. The molecule has 3 rings (SSSR count). The highest BCUT2D eigenvalue weighted by atomic mass is 35.5. The van der Waals surface area contributed by atoms with Crippen molar-refractivity contribution >= 4 is 23.2 Å². The largest absolute Gasteiger partial charge is 0.322 e. The summed E-state index contributed by atoms with van der Waals surface area (Å²) in [5.74, 6) is -0.133. The molecule has 1 N–H and O–H groups in total. The highest BCUT2D eigenvalue weighted by Gasteiger charge is 2.12. The molecule has 1 heterocycles. The van der Waals surface area contributed by atoms with Gasteiger partial charge < -0.3 is 5.32 Å². The summed E-state index contributed by atoms with van der Waals surface area (Å²) in [4.78, 5) is 12.5. The van der Waals surface area contributed by atoms with Gasteiger partial charge in [-0.25, -0.2) is 4.68 Å². The van der Waals surface area contributed by atoms with E-state index in [1.807, 2.05) is 58.0 Å². The summed E-state index contributed by atoms with van der Waals surface area (Å²) in [5.41, 5.74) is 6.19. The van der Waals surface area contributed by atoms with E-state index in [4.69, 9.17) is 11.6 Å². The number of carbonyl (C=O) groups is 1. The molecule has 0 saturated heterocycles. The monoisotopic (exact) mass is 353 g/mol. The first-order valence-electron chi connectivity index (χ1n) is 8.08. The van der Waals surface area contributed by atoms with Crippen LogP contribution in [0.25, 0.3) is 5.69 Å². The summed E-state index contributed by atoms with van der Waals surface area (Å²) in [7, 11) is 0. The van der Waals surface area contributed by atoms with Crippen LogP contribution in [0.5, 0.6) is 0 Å². The molecule has 0 aliphatic heterocycles. The van der Waals surface area contributed by atoms with Crippen LogP contribution in [0, 0.1) is 27.7 Å². The van der Waals surface area contributed by atoms with Crippen molar-refractivity contribution in [1.29, 1.82) is 0 Å². The van der Waals surface area contributed by atoms with Gasteiger partial charge >= 0.3 is 0 Å². The van der Waals surface area contributed by atoms with Gasteiger partial charge in [-0.1, -0.05) is 23.7 Å². The van der Waals surface area contributed by atoms with E-state index in [-0.39, 0.29) is 5.91 Å². The number of hydrogen-bond acceptors (Lipinski definition) is 2. The van der Waals surface area contributed by atoms with Crippen LogP contribution < -0.4 is 5.32 Å². The maximum absolute atomic E-state index is 12.5. The Morgan fingerprint density at radius 1 is 1.04 bits per heavy atom. The zero-order valence-electron chi connectivity index (χ0n) is 14.7. The first kappa shape index (κ1) is 17.2. The summed E-state index contributed by atoms with van der Waals surface area (Å²) >= 11 is 6.20. The summed E-state index contributed by atoms with van der Waals surface area (Å²) in [6, 6.07) is 13.2. The first-order chi connectivity index (χ1) is 11.9. The van der Waals surface area contributed by atoms with Crippen molar-refractivity contribution in [2.75, 3.05) is 5.32 Å². The molecule has 0 bridgehead atoms. The maximum Gasteiger partial charge on any atom is 0.255 e. The van der Waals surface area contributed by atoms with Gasteiger partial charge in [0.15, 0.2) is 0 Å². The molecule has 0 aliphatic carbocycles. The van der Waals surface area contributed by atoms with Gasteiger partial charge in [-0.3, -0.25) is 4.79 Å². The predicted molar refractivity (Wildman–Crippen MR) is 102 cm³/mol. The van der Waals surface area contributed by atoms with Gasteiger partial charge in [0.05, 0.1) is 22.1 Å². The third kappa shape index (κ3) is 3.30. The number of hydrogen-bond donors (Lipinski definition) is 1. The smallest absolute Gasteiger partial charge is 0.255 e. The Morgan fingerprint density at radius 2 is 1.72 bits per heavy atom. The summed E-state index contributed by atoms with van der Waals surface area (Å²) in [6.07, 6.45) is 0. The SMILES string of the molecule is Cc1cccc(NC(=O)c2ccc(-n3nc(C)c(Cl)c3C)cc2)c1C.